The molecule has 0 atom stereocenters. The van der Waals surface area contributed by atoms with E-state index in [1.54, 1.807) is 12.0 Å². The average Bonchev–Trinajstić information content (AvgIpc) is 2.38. The van der Waals surface area contributed by atoms with Crippen molar-refractivity contribution in [3.05, 3.63) is 29.5 Å². The molecule has 18 heavy (non-hydrogen) atoms. The van der Waals surface area contributed by atoms with Crippen LogP contribution >= 0.6 is 11.6 Å². The van der Waals surface area contributed by atoms with Gasteiger partial charge in [0.1, 0.15) is 5.75 Å². The average molecular weight is 265 g/mol. The van der Waals surface area contributed by atoms with Crippen LogP contribution in [0.3, 0.4) is 0 Å². The molecule has 0 aliphatic heterocycles. The van der Waals surface area contributed by atoms with E-state index in [1.807, 2.05) is 38.4 Å². The van der Waals surface area contributed by atoms with Crippen molar-refractivity contribution in [3.8, 4) is 17.1 Å². The van der Waals surface area contributed by atoms with Gasteiger partial charge in [-0.05, 0) is 23.7 Å². The number of hydrogen-bond donors (Lipinski definition) is 0. The number of para-hydroxylation sites is 1. The van der Waals surface area contributed by atoms with Crippen molar-refractivity contribution in [2.24, 2.45) is 0 Å². The van der Waals surface area contributed by atoms with Crippen molar-refractivity contribution in [2.45, 2.75) is 0 Å². The van der Waals surface area contributed by atoms with Crippen LogP contribution in [0.15, 0.2) is 24.3 Å². The molecule has 0 saturated carbocycles. The summed E-state index contributed by atoms with van der Waals surface area (Å²) in [5.74, 6) is 1.71. The first-order chi connectivity index (χ1) is 8.61. The van der Waals surface area contributed by atoms with Gasteiger partial charge in [0.2, 0.25) is 11.2 Å². The van der Waals surface area contributed by atoms with Crippen LogP contribution in [0.2, 0.25) is 5.28 Å². The Hall–Kier alpha value is -1.88. The molecule has 2 aromatic rings. The Morgan fingerprint density at radius 3 is 2.50 bits per heavy atom. The van der Waals surface area contributed by atoms with Gasteiger partial charge in [0, 0.05) is 14.1 Å². The zero-order valence-electron chi connectivity index (χ0n) is 10.4. The number of nitrogens with zero attached hydrogens (tertiary/aromatic N) is 4. The maximum absolute atomic E-state index is 5.91. The van der Waals surface area contributed by atoms with Crippen LogP contribution in [0.4, 0.5) is 5.95 Å². The van der Waals surface area contributed by atoms with Crippen LogP contribution in [-0.2, 0) is 0 Å². The number of halogens is 1. The Morgan fingerprint density at radius 1 is 1.11 bits per heavy atom. The van der Waals surface area contributed by atoms with E-state index in [9.17, 15) is 0 Å². The molecule has 0 saturated heterocycles. The van der Waals surface area contributed by atoms with Crippen molar-refractivity contribution < 1.29 is 4.74 Å². The molecule has 0 amide bonds. The summed E-state index contributed by atoms with van der Waals surface area (Å²) in [6.07, 6.45) is 0. The highest BCUT2D eigenvalue weighted by atomic mass is 35.5. The molecule has 0 aliphatic rings. The number of benzene rings is 1. The first-order valence-corrected chi connectivity index (χ1v) is 5.72. The minimum Gasteiger partial charge on any atom is -0.496 e. The lowest BCUT2D eigenvalue weighted by Crippen LogP contribution is -2.14. The van der Waals surface area contributed by atoms with Gasteiger partial charge in [0.05, 0.1) is 12.7 Å². The predicted molar refractivity (Wildman–Crippen MR) is 71.2 cm³/mol. The highest BCUT2D eigenvalue weighted by molar-refractivity contribution is 6.28. The summed E-state index contributed by atoms with van der Waals surface area (Å²) in [7, 11) is 5.30. The maximum Gasteiger partial charge on any atom is 0.229 e. The molecule has 1 heterocycles. The second-order valence-corrected chi connectivity index (χ2v) is 4.16. The van der Waals surface area contributed by atoms with Crippen molar-refractivity contribution in [3.63, 3.8) is 0 Å². The summed E-state index contributed by atoms with van der Waals surface area (Å²) in [4.78, 5) is 14.3. The van der Waals surface area contributed by atoms with E-state index in [2.05, 4.69) is 15.0 Å². The molecule has 1 aromatic carbocycles. The first kappa shape index (κ1) is 12.6. The summed E-state index contributed by atoms with van der Waals surface area (Å²) in [5, 5.41) is 0.162. The van der Waals surface area contributed by atoms with E-state index >= 15 is 0 Å². The molecule has 94 valence electrons. The molecule has 2 rings (SSSR count). The van der Waals surface area contributed by atoms with Crippen LogP contribution in [-0.4, -0.2) is 36.2 Å². The molecule has 0 N–H and O–H groups in total. The summed E-state index contributed by atoms with van der Waals surface area (Å²) >= 11 is 5.91. The highest BCUT2D eigenvalue weighted by Crippen LogP contribution is 2.28. The van der Waals surface area contributed by atoms with Gasteiger partial charge < -0.3 is 9.64 Å². The van der Waals surface area contributed by atoms with Crippen LogP contribution < -0.4 is 9.64 Å². The second kappa shape index (κ2) is 5.18. The smallest absolute Gasteiger partial charge is 0.229 e. The first-order valence-electron chi connectivity index (χ1n) is 5.34. The van der Waals surface area contributed by atoms with Gasteiger partial charge in [0.25, 0.3) is 0 Å². The molecule has 0 aliphatic carbocycles. The number of aromatic nitrogens is 3. The Kier molecular flexibility index (Phi) is 3.62. The summed E-state index contributed by atoms with van der Waals surface area (Å²) in [5.41, 5.74) is 0.785. The van der Waals surface area contributed by atoms with E-state index in [1.165, 1.54) is 0 Å². The molecule has 6 heteroatoms. The zero-order chi connectivity index (χ0) is 13.1. The number of methoxy groups -OCH3 is 1. The third kappa shape index (κ3) is 2.51. The molecule has 0 spiro atoms. The maximum atomic E-state index is 5.91. The monoisotopic (exact) mass is 264 g/mol. The van der Waals surface area contributed by atoms with Crippen molar-refractivity contribution >= 4 is 17.5 Å². The molecule has 0 bridgehead atoms. The molecular formula is C12H13ClN4O. The van der Waals surface area contributed by atoms with Crippen molar-refractivity contribution in [1.82, 2.24) is 15.0 Å². The van der Waals surface area contributed by atoms with E-state index < -0.39 is 0 Å². The largest absolute Gasteiger partial charge is 0.496 e. The molecular weight excluding hydrogens is 252 g/mol. The normalized spacial score (nSPS) is 10.2. The fourth-order valence-electron chi connectivity index (χ4n) is 1.49. The zero-order valence-corrected chi connectivity index (χ0v) is 11.1. The van der Waals surface area contributed by atoms with Gasteiger partial charge in [0.15, 0.2) is 5.82 Å². The van der Waals surface area contributed by atoms with Gasteiger partial charge in [-0.3, -0.25) is 0 Å². The van der Waals surface area contributed by atoms with Crippen LogP contribution in [0, 0.1) is 0 Å². The Morgan fingerprint density at radius 2 is 1.83 bits per heavy atom. The fourth-order valence-corrected chi connectivity index (χ4v) is 1.65. The Balaban J connectivity index is 2.56. The summed E-state index contributed by atoms with van der Waals surface area (Å²) in [6, 6.07) is 7.51. The minimum absolute atomic E-state index is 0.162. The lowest BCUT2D eigenvalue weighted by atomic mass is 10.2. The minimum atomic E-state index is 0.162. The van der Waals surface area contributed by atoms with Crippen LogP contribution in [0.25, 0.3) is 11.4 Å². The predicted octanol–water partition coefficient (Wildman–Crippen LogP) is 2.27. The van der Waals surface area contributed by atoms with Gasteiger partial charge >= 0.3 is 0 Å². The van der Waals surface area contributed by atoms with Gasteiger partial charge in [-0.25, -0.2) is 0 Å². The number of hydrogen-bond acceptors (Lipinski definition) is 5. The standard InChI is InChI=1S/C12H13ClN4O/c1-17(2)12-15-10(14-11(13)16-12)8-6-4-5-7-9(8)18-3/h4-7H,1-3H3. The highest BCUT2D eigenvalue weighted by Gasteiger charge is 2.12. The molecule has 1 aromatic heterocycles. The van der Waals surface area contributed by atoms with E-state index in [0.717, 1.165) is 5.56 Å². The number of rotatable bonds is 3. The van der Waals surface area contributed by atoms with E-state index in [0.29, 0.717) is 17.5 Å². The fraction of sp³-hybridized carbons (Fsp3) is 0.250. The van der Waals surface area contributed by atoms with E-state index in [4.69, 9.17) is 16.3 Å². The van der Waals surface area contributed by atoms with Crippen molar-refractivity contribution in [1.29, 1.82) is 0 Å². The molecule has 0 fully saturated rings. The quantitative estimate of drug-likeness (QED) is 0.851. The van der Waals surface area contributed by atoms with E-state index in [-0.39, 0.29) is 5.28 Å². The lowest BCUT2D eigenvalue weighted by Gasteiger charge is -2.12. The SMILES string of the molecule is COc1ccccc1-c1nc(Cl)nc(N(C)C)n1. The number of ether oxygens (including phenoxy) is 1. The Labute approximate surface area is 110 Å². The van der Waals surface area contributed by atoms with Gasteiger partial charge in [-0.15, -0.1) is 0 Å². The summed E-state index contributed by atoms with van der Waals surface area (Å²) < 4.78 is 5.28. The third-order valence-corrected chi connectivity index (χ3v) is 2.51. The lowest BCUT2D eigenvalue weighted by molar-refractivity contribution is 0.416. The second-order valence-electron chi connectivity index (χ2n) is 3.82. The topological polar surface area (TPSA) is 51.1 Å². The van der Waals surface area contributed by atoms with Crippen LogP contribution in [0.5, 0.6) is 5.75 Å². The summed E-state index contributed by atoms with van der Waals surface area (Å²) in [6.45, 7) is 0. The number of anilines is 1. The van der Waals surface area contributed by atoms with Gasteiger partial charge in [-0.1, -0.05) is 12.1 Å². The molecule has 0 unspecified atom stereocenters. The van der Waals surface area contributed by atoms with Gasteiger partial charge in [-0.2, -0.15) is 15.0 Å². The van der Waals surface area contributed by atoms with Crippen molar-refractivity contribution in [2.75, 3.05) is 26.1 Å². The van der Waals surface area contributed by atoms with Crippen LogP contribution in [0.1, 0.15) is 0 Å². The Bertz CT molecular complexity index is 560. The third-order valence-electron chi connectivity index (χ3n) is 2.34. The molecule has 5 nitrogen and oxygen atoms in total. The molecule has 0 radical (unpaired) electrons.